The number of alkyl halides is 3. The van der Waals surface area contributed by atoms with Crippen LogP contribution in [0.2, 0.25) is 5.15 Å². The second-order valence-electron chi connectivity index (χ2n) is 3.42. The molecular weight excluding hydrogens is 260 g/mol. The number of fused-ring (bicyclic) bond motifs is 1. The zero-order chi connectivity index (χ0) is 12.8. The average molecular weight is 265 g/mol. The van der Waals surface area contributed by atoms with Crippen LogP contribution in [0.3, 0.4) is 0 Å². The van der Waals surface area contributed by atoms with Gasteiger partial charge >= 0.3 is 6.18 Å². The fourth-order valence-electron chi connectivity index (χ4n) is 1.44. The highest BCUT2D eigenvalue weighted by molar-refractivity contribution is 6.34. The van der Waals surface area contributed by atoms with Gasteiger partial charge in [-0.05, 0) is 18.6 Å². The summed E-state index contributed by atoms with van der Waals surface area (Å²) < 4.78 is 50.7. The lowest BCUT2D eigenvalue weighted by Crippen LogP contribution is -2.12. The zero-order valence-corrected chi connectivity index (χ0v) is 9.19. The van der Waals surface area contributed by atoms with E-state index >= 15 is 0 Å². The van der Waals surface area contributed by atoms with E-state index in [1.807, 2.05) is 0 Å². The molecule has 0 bridgehead atoms. The molecule has 17 heavy (non-hydrogen) atoms. The second kappa shape index (κ2) is 3.80. The number of rotatable bonds is 0. The fraction of sp³-hybridized carbons (Fsp3) is 0.200. The maximum Gasteiger partial charge on any atom is 0.451 e. The van der Waals surface area contributed by atoms with Crippen LogP contribution in [-0.2, 0) is 6.18 Å². The Hall–Kier alpha value is -1.43. The van der Waals surface area contributed by atoms with Crippen molar-refractivity contribution in [3.63, 3.8) is 0 Å². The molecule has 2 aromatic rings. The molecule has 2 rings (SSSR count). The van der Waals surface area contributed by atoms with Gasteiger partial charge < -0.3 is 0 Å². The van der Waals surface area contributed by atoms with E-state index in [1.165, 1.54) is 6.07 Å². The summed E-state index contributed by atoms with van der Waals surface area (Å²) in [4.78, 5) is 6.31. The number of aryl methyl sites for hydroxylation is 1. The van der Waals surface area contributed by atoms with Crippen molar-refractivity contribution in [3.05, 3.63) is 34.5 Å². The number of benzene rings is 1. The molecular formula is C10H5ClF4N2. The van der Waals surface area contributed by atoms with Crippen LogP contribution in [0.1, 0.15) is 11.4 Å². The molecule has 0 saturated heterocycles. The van der Waals surface area contributed by atoms with Gasteiger partial charge in [-0.15, -0.1) is 0 Å². The molecule has 0 N–H and O–H groups in total. The molecule has 1 heterocycles. The molecule has 0 saturated carbocycles. The first-order valence-electron chi connectivity index (χ1n) is 4.50. The van der Waals surface area contributed by atoms with Gasteiger partial charge in [-0.2, -0.15) is 13.2 Å². The van der Waals surface area contributed by atoms with Crippen molar-refractivity contribution in [3.8, 4) is 0 Å². The van der Waals surface area contributed by atoms with Crippen molar-refractivity contribution in [2.45, 2.75) is 13.1 Å². The van der Waals surface area contributed by atoms with Crippen LogP contribution in [-0.4, -0.2) is 9.97 Å². The Morgan fingerprint density at radius 3 is 2.41 bits per heavy atom. The van der Waals surface area contributed by atoms with Crippen LogP contribution in [0.5, 0.6) is 0 Å². The van der Waals surface area contributed by atoms with E-state index in [0.717, 1.165) is 6.07 Å². The standard InChI is InChI=1S/C10H5ClF4N2/c1-4-2-3-5(12)7-6(4)8(11)17-9(16-7)10(13,14)15/h2-3H,1H3. The topological polar surface area (TPSA) is 25.8 Å². The third-order valence-electron chi connectivity index (χ3n) is 2.22. The van der Waals surface area contributed by atoms with Crippen molar-refractivity contribution in [1.82, 2.24) is 9.97 Å². The van der Waals surface area contributed by atoms with Crippen LogP contribution in [0, 0.1) is 12.7 Å². The van der Waals surface area contributed by atoms with Gasteiger partial charge in [0.1, 0.15) is 16.5 Å². The molecule has 0 amide bonds. The lowest BCUT2D eigenvalue weighted by atomic mass is 10.1. The lowest BCUT2D eigenvalue weighted by molar-refractivity contribution is -0.144. The van der Waals surface area contributed by atoms with Gasteiger partial charge in [-0.1, -0.05) is 17.7 Å². The van der Waals surface area contributed by atoms with Crippen LogP contribution in [0.25, 0.3) is 10.9 Å². The summed E-state index contributed by atoms with van der Waals surface area (Å²) in [6, 6.07) is 2.45. The summed E-state index contributed by atoms with van der Waals surface area (Å²) in [6.45, 7) is 1.59. The summed E-state index contributed by atoms with van der Waals surface area (Å²) in [5, 5.41) is -0.306. The van der Waals surface area contributed by atoms with Crippen molar-refractivity contribution in [2.75, 3.05) is 0 Å². The molecule has 0 radical (unpaired) electrons. The van der Waals surface area contributed by atoms with E-state index < -0.39 is 28.5 Å². The minimum absolute atomic E-state index is 0.0969. The summed E-state index contributed by atoms with van der Waals surface area (Å²) in [7, 11) is 0. The molecule has 0 fully saturated rings. The summed E-state index contributed by atoms with van der Waals surface area (Å²) in [5.41, 5.74) is 0.0949. The molecule has 0 aliphatic heterocycles. The van der Waals surface area contributed by atoms with Gasteiger partial charge in [0.05, 0.1) is 0 Å². The Labute approximate surface area is 98.2 Å². The Balaban J connectivity index is 2.87. The molecule has 0 atom stereocenters. The molecule has 0 spiro atoms. The number of nitrogens with zero attached hydrogens (tertiary/aromatic N) is 2. The van der Waals surface area contributed by atoms with Crippen molar-refractivity contribution in [2.24, 2.45) is 0 Å². The Morgan fingerprint density at radius 2 is 1.82 bits per heavy atom. The lowest BCUT2D eigenvalue weighted by Gasteiger charge is -2.09. The van der Waals surface area contributed by atoms with Gasteiger partial charge in [-0.3, -0.25) is 0 Å². The highest BCUT2D eigenvalue weighted by Crippen LogP contribution is 2.32. The Bertz CT molecular complexity index is 595. The normalized spacial score (nSPS) is 12.1. The maximum absolute atomic E-state index is 13.4. The van der Waals surface area contributed by atoms with Crippen molar-refractivity contribution in [1.29, 1.82) is 0 Å². The molecule has 1 aromatic heterocycles. The van der Waals surface area contributed by atoms with E-state index in [4.69, 9.17) is 11.6 Å². The number of halogens is 5. The minimum Gasteiger partial charge on any atom is -0.221 e. The third kappa shape index (κ3) is 2.04. The number of hydrogen-bond donors (Lipinski definition) is 0. The molecule has 2 nitrogen and oxygen atoms in total. The first kappa shape index (κ1) is 12.0. The van der Waals surface area contributed by atoms with Crippen molar-refractivity contribution < 1.29 is 17.6 Å². The molecule has 0 aliphatic carbocycles. The van der Waals surface area contributed by atoms with Crippen LogP contribution in [0.4, 0.5) is 17.6 Å². The van der Waals surface area contributed by atoms with E-state index in [9.17, 15) is 17.6 Å². The summed E-state index contributed by atoms with van der Waals surface area (Å²) in [6.07, 6.45) is -4.76. The molecule has 7 heteroatoms. The van der Waals surface area contributed by atoms with E-state index in [1.54, 1.807) is 6.92 Å². The highest BCUT2D eigenvalue weighted by atomic mass is 35.5. The Morgan fingerprint density at radius 1 is 1.18 bits per heavy atom. The molecule has 90 valence electrons. The van der Waals surface area contributed by atoms with Gasteiger partial charge in [-0.25, -0.2) is 14.4 Å². The van der Waals surface area contributed by atoms with E-state index in [2.05, 4.69) is 9.97 Å². The minimum atomic E-state index is -4.76. The van der Waals surface area contributed by atoms with E-state index in [0.29, 0.717) is 5.56 Å². The maximum atomic E-state index is 13.4. The van der Waals surface area contributed by atoms with Crippen LogP contribution < -0.4 is 0 Å². The van der Waals surface area contributed by atoms with Gasteiger partial charge in [0.2, 0.25) is 5.82 Å². The largest absolute Gasteiger partial charge is 0.451 e. The van der Waals surface area contributed by atoms with Gasteiger partial charge in [0, 0.05) is 5.39 Å². The number of hydrogen-bond acceptors (Lipinski definition) is 2. The summed E-state index contributed by atoms with van der Waals surface area (Å²) >= 11 is 5.63. The quantitative estimate of drug-likeness (QED) is 0.535. The third-order valence-corrected chi connectivity index (χ3v) is 2.49. The van der Waals surface area contributed by atoms with E-state index in [-0.39, 0.29) is 5.39 Å². The average Bonchev–Trinajstić information content (AvgIpc) is 2.21. The monoisotopic (exact) mass is 264 g/mol. The predicted octanol–water partition coefficient (Wildman–Crippen LogP) is 3.75. The number of aromatic nitrogens is 2. The van der Waals surface area contributed by atoms with Crippen LogP contribution in [0.15, 0.2) is 12.1 Å². The predicted molar refractivity (Wildman–Crippen MR) is 54.2 cm³/mol. The smallest absolute Gasteiger partial charge is 0.221 e. The molecule has 1 aromatic carbocycles. The highest BCUT2D eigenvalue weighted by Gasteiger charge is 2.35. The first-order valence-corrected chi connectivity index (χ1v) is 4.88. The zero-order valence-electron chi connectivity index (χ0n) is 8.44. The first-order chi connectivity index (χ1) is 7.80. The fourth-order valence-corrected chi connectivity index (χ4v) is 1.76. The summed E-state index contributed by atoms with van der Waals surface area (Å²) in [5.74, 6) is -2.31. The molecule has 0 unspecified atom stereocenters. The van der Waals surface area contributed by atoms with Crippen LogP contribution >= 0.6 is 11.6 Å². The molecule has 0 aliphatic rings. The van der Waals surface area contributed by atoms with Crippen molar-refractivity contribution >= 4 is 22.5 Å². The Kier molecular flexibility index (Phi) is 2.69. The second-order valence-corrected chi connectivity index (χ2v) is 3.78. The SMILES string of the molecule is Cc1ccc(F)c2nc(C(F)(F)F)nc(Cl)c12. The van der Waals surface area contributed by atoms with Gasteiger partial charge in [0.25, 0.3) is 0 Å². The van der Waals surface area contributed by atoms with Gasteiger partial charge in [0.15, 0.2) is 0 Å².